The smallest absolute Gasteiger partial charge is 0.166 e. The van der Waals surface area contributed by atoms with Crippen LogP contribution in [0.2, 0.25) is 0 Å². The highest BCUT2D eigenvalue weighted by Gasteiger charge is 2.38. The molecule has 1 rings (SSSR count). The van der Waals surface area contributed by atoms with Gasteiger partial charge in [-0.15, -0.1) is 12.6 Å². The molecule has 0 saturated heterocycles. The average molecular weight is 274 g/mol. The van der Waals surface area contributed by atoms with Crippen LogP contribution in [0.15, 0.2) is 17.0 Å². The summed E-state index contributed by atoms with van der Waals surface area (Å²) in [6.07, 6.45) is -9.51. The van der Waals surface area contributed by atoms with Crippen LogP contribution in [0.25, 0.3) is 0 Å². The largest absolute Gasteiger partial charge is 0.417 e. The molecular formula is C10H8F6S. The lowest BCUT2D eigenvalue weighted by Crippen LogP contribution is -2.13. The molecule has 0 spiro atoms. The van der Waals surface area contributed by atoms with Crippen LogP contribution in [0.3, 0.4) is 0 Å². The van der Waals surface area contributed by atoms with E-state index >= 15 is 0 Å². The lowest BCUT2D eigenvalue weighted by molar-refractivity contribution is -0.143. The van der Waals surface area contributed by atoms with Gasteiger partial charge in [0.1, 0.15) is 0 Å². The molecule has 96 valence electrons. The molecule has 1 aromatic rings. The van der Waals surface area contributed by atoms with E-state index < -0.39 is 28.4 Å². The van der Waals surface area contributed by atoms with Crippen LogP contribution in [0.4, 0.5) is 26.3 Å². The molecule has 0 unspecified atom stereocenters. The number of aryl methyl sites for hydroxylation is 1. The number of alkyl halides is 6. The Bertz CT molecular complexity index is 418. The number of hydrogen-bond donors (Lipinski definition) is 1. The Kier molecular flexibility index (Phi) is 3.71. The second-order valence-electron chi connectivity index (χ2n) is 3.38. The third-order valence-electron chi connectivity index (χ3n) is 2.21. The van der Waals surface area contributed by atoms with Gasteiger partial charge in [-0.2, -0.15) is 26.3 Å². The minimum absolute atomic E-state index is 0.133. The third kappa shape index (κ3) is 3.08. The van der Waals surface area contributed by atoms with E-state index in [-0.39, 0.29) is 12.0 Å². The summed E-state index contributed by atoms with van der Waals surface area (Å²) >= 11 is 3.46. The molecule has 0 aliphatic carbocycles. The minimum atomic E-state index is -4.70. The van der Waals surface area contributed by atoms with Gasteiger partial charge in [0.15, 0.2) is 0 Å². The monoisotopic (exact) mass is 274 g/mol. The number of thiol groups is 1. The summed E-state index contributed by atoms with van der Waals surface area (Å²) in [5, 5.41) is 0. The first kappa shape index (κ1) is 14.2. The van der Waals surface area contributed by atoms with E-state index in [2.05, 4.69) is 12.6 Å². The Morgan fingerprint density at radius 1 is 0.941 bits per heavy atom. The Hall–Kier alpha value is -0.850. The normalized spacial score (nSPS) is 12.9. The second kappa shape index (κ2) is 4.44. The zero-order valence-electron chi connectivity index (χ0n) is 8.58. The van der Waals surface area contributed by atoms with Gasteiger partial charge >= 0.3 is 12.4 Å². The summed E-state index contributed by atoms with van der Waals surface area (Å²) in [4.78, 5) is -0.720. The van der Waals surface area contributed by atoms with Gasteiger partial charge in [-0.1, -0.05) is 6.92 Å². The fourth-order valence-corrected chi connectivity index (χ4v) is 1.74. The summed E-state index contributed by atoms with van der Waals surface area (Å²) in [6, 6.07) is 0.927. The van der Waals surface area contributed by atoms with Crippen molar-refractivity contribution in [1.82, 2.24) is 0 Å². The van der Waals surface area contributed by atoms with Crippen molar-refractivity contribution in [2.75, 3.05) is 0 Å². The molecule has 17 heavy (non-hydrogen) atoms. The van der Waals surface area contributed by atoms with Crippen LogP contribution in [0.1, 0.15) is 23.6 Å². The van der Waals surface area contributed by atoms with Crippen LogP contribution < -0.4 is 0 Å². The molecule has 0 fully saturated rings. The SMILES string of the molecule is CCc1cc(C(F)(F)F)c(S)cc1C(F)(F)F. The fourth-order valence-electron chi connectivity index (χ4n) is 1.42. The van der Waals surface area contributed by atoms with Gasteiger partial charge in [-0.05, 0) is 24.1 Å². The number of halogens is 6. The highest BCUT2D eigenvalue weighted by Crippen LogP contribution is 2.40. The van der Waals surface area contributed by atoms with Crippen LogP contribution >= 0.6 is 12.6 Å². The Morgan fingerprint density at radius 3 is 1.76 bits per heavy atom. The van der Waals surface area contributed by atoms with E-state index in [9.17, 15) is 26.3 Å². The van der Waals surface area contributed by atoms with Crippen molar-refractivity contribution in [1.29, 1.82) is 0 Å². The molecule has 0 amide bonds. The first-order chi connectivity index (χ1) is 7.57. The average Bonchev–Trinajstić information content (AvgIpc) is 2.14. The molecule has 0 heterocycles. The van der Waals surface area contributed by atoms with Crippen molar-refractivity contribution in [2.24, 2.45) is 0 Å². The number of rotatable bonds is 1. The van der Waals surface area contributed by atoms with Gasteiger partial charge in [-0.25, -0.2) is 0 Å². The van der Waals surface area contributed by atoms with Gasteiger partial charge in [-0.3, -0.25) is 0 Å². The van der Waals surface area contributed by atoms with E-state index in [1.54, 1.807) is 0 Å². The van der Waals surface area contributed by atoms with Crippen molar-refractivity contribution in [3.8, 4) is 0 Å². The van der Waals surface area contributed by atoms with Gasteiger partial charge in [0.25, 0.3) is 0 Å². The maximum Gasteiger partial charge on any atom is 0.417 e. The summed E-state index contributed by atoms with van der Waals surface area (Å²) in [6.45, 7) is 1.36. The molecule has 0 aromatic heterocycles. The van der Waals surface area contributed by atoms with Gasteiger partial charge < -0.3 is 0 Å². The predicted octanol–water partition coefficient (Wildman–Crippen LogP) is 4.58. The molecule has 0 bridgehead atoms. The lowest BCUT2D eigenvalue weighted by atomic mass is 10.0. The van der Waals surface area contributed by atoms with Crippen molar-refractivity contribution < 1.29 is 26.3 Å². The van der Waals surface area contributed by atoms with E-state index in [0.29, 0.717) is 12.1 Å². The van der Waals surface area contributed by atoms with Crippen molar-refractivity contribution in [3.05, 3.63) is 28.8 Å². The van der Waals surface area contributed by atoms with Gasteiger partial charge in [0.05, 0.1) is 11.1 Å². The van der Waals surface area contributed by atoms with Gasteiger partial charge in [0.2, 0.25) is 0 Å². The van der Waals surface area contributed by atoms with E-state index in [0.717, 1.165) is 0 Å². The summed E-state index contributed by atoms with van der Waals surface area (Å²) in [5.41, 5.74) is -2.61. The zero-order chi connectivity index (χ0) is 13.4. The Balaban J connectivity index is 3.46. The van der Waals surface area contributed by atoms with Crippen LogP contribution in [-0.2, 0) is 18.8 Å². The maximum absolute atomic E-state index is 12.5. The van der Waals surface area contributed by atoms with Crippen LogP contribution in [0.5, 0.6) is 0 Å². The predicted molar refractivity (Wildman–Crippen MR) is 53.1 cm³/mol. The molecule has 0 aliphatic heterocycles. The number of hydrogen-bond acceptors (Lipinski definition) is 1. The molecule has 1 aromatic carbocycles. The fraction of sp³-hybridized carbons (Fsp3) is 0.400. The van der Waals surface area contributed by atoms with Crippen molar-refractivity contribution in [3.63, 3.8) is 0 Å². The summed E-state index contributed by atoms with van der Waals surface area (Å²) in [7, 11) is 0. The topological polar surface area (TPSA) is 0 Å². The van der Waals surface area contributed by atoms with Gasteiger partial charge in [0, 0.05) is 4.90 Å². The lowest BCUT2D eigenvalue weighted by Gasteiger charge is -2.16. The van der Waals surface area contributed by atoms with Crippen molar-refractivity contribution >= 4 is 12.6 Å². The highest BCUT2D eigenvalue weighted by molar-refractivity contribution is 7.80. The molecule has 0 nitrogen and oxygen atoms in total. The van der Waals surface area contributed by atoms with Crippen LogP contribution in [0, 0.1) is 0 Å². The van der Waals surface area contributed by atoms with E-state index in [1.165, 1.54) is 6.92 Å². The summed E-state index contributed by atoms with van der Waals surface area (Å²) in [5.74, 6) is 0. The third-order valence-corrected chi connectivity index (χ3v) is 2.58. The van der Waals surface area contributed by atoms with Crippen LogP contribution in [-0.4, -0.2) is 0 Å². The molecule has 0 radical (unpaired) electrons. The molecule has 0 N–H and O–H groups in total. The highest BCUT2D eigenvalue weighted by atomic mass is 32.1. The summed E-state index contributed by atoms with van der Waals surface area (Å²) < 4.78 is 75.0. The second-order valence-corrected chi connectivity index (χ2v) is 3.86. The van der Waals surface area contributed by atoms with E-state index in [4.69, 9.17) is 0 Å². The molecular weight excluding hydrogens is 266 g/mol. The van der Waals surface area contributed by atoms with Crippen molar-refractivity contribution in [2.45, 2.75) is 30.6 Å². The molecule has 0 atom stereocenters. The quantitative estimate of drug-likeness (QED) is 0.562. The minimum Gasteiger partial charge on any atom is -0.166 e. The first-order valence-corrected chi connectivity index (χ1v) is 5.02. The maximum atomic E-state index is 12.5. The first-order valence-electron chi connectivity index (χ1n) is 4.57. The molecule has 7 heteroatoms. The zero-order valence-corrected chi connectivity index (χ0v) is 9.47. The standard InChI is InChI=1S/C10H8F6S/c1-2-5-3-7(10(14,15)16)8(17)4-6(5)9(11,12)13/h3-4,17H,2H2,1H3. The number of benzene rings is 1. The molecule has 0 aliphatic rings. The Labute approximate surface area is 99.0 Å². The Morgan fingerprint density at radius 2 is 1.41 bits per heavy atom. The van der Waals surface area contributed by atoms with E-state index in [1.807, 2.05) is 0 Å². The molecule has 0 saturated carbocycles.